The van der Waals surface area contributed by atoms with Crippen molar-refractivity contribution in [2.75, 3.05) is 13.1 Å². The van der Waals surface area contributed by atoms with Gasteiger partial charge in [0, 0.05) is 6.04 Å². The molecular formula is C35H45NO. The van der Waals surface area contributed by atoms with Gasteiger partial charge in [-0.3, -0.25) is 0 Å². The summed E-state index contributed by atoms with van der Waals surface area (Å²) in [5.74, 6) is 1.24. The lowest BCUT2D eigenvalue weighted by atomic mass is 9.58. The summed E-state index contributed by atoms with van der Waals surface area (Å²) in [6, 6.07) is 16.8. The van der Waals surface area contributed by atoms with Gasteiger partial charge in [-0.25, -0.2) is 0 Å². The Morgan fingerprint density at radius 2 is 1.76 bits per heavy atom. The highest BCUT2D eigenvalue weighted by atomic mass is 16.5. The van der Waals surface area contributed by atoms with Crippen molar-refractivity contribution in [3.63, 3.8) is 0 Å². The van der Waals surface area contributed by atoms with Gasteiger partial charge in [-0.1, -0.05) is 75.4 Å². The second-order valence-electron chi connectivity index (χ2n) is 13.2. The SMILES string of the molecule is CCCN(CCC)[C@H]1CCC2=CC3=CC[C@]4(C)C(c5ccc6ccccc6c5)CC[C@H]4C34CC[C@]2(C1)O4. The van der Waals surface area contributed by atoms with Crippen molar-refractivity contribution in [1.82, 2.24) is 4.90 Å². The molecule has 3 aliphatic carbocycles. The van der Waals surface area contributed by atoms with Crippen LogP contribution in [0.1, 0.15) is 96.5 Å². The van der Waals surface area contributed by atoms with Crippen LogP contribution in [-0.4, -0.2) is 35.2 Å². The third-order valence-corrected chi connectivity index (χ3v) is 11.4. The average molecular weight is 496 g/mol. The normalized spacial score (nSPS) is 38.2. The molecule has 0 N–H and O–H groups in total. The first-order chi connectivity index (χ1) is 18.0. The fraction of sp³-hybridized carbons (Fsp3) is 0.600. The number of fused-ring (bicyclic) bond motifs is 2. The zero-order chi connectivity index (χ0) is 25.3. The van der Waals surface area contributed by atoms with E-state index in [1.807, 2.05) is 0 Å². The number of ether oxygens (including phenoxy) is 1. The van der Waals surface area contributed by atoms with E-state index in [0.717, 1.165) is 0 Å². The van der Waals surface area contributed by atoms with Gasteiger partial charge in [0.2, 0.25) is 0 Å². The van der Waals surface area contributed by atoms with E-state index >= 15 is 0 Å². The van der Waals surface area contributed by atoms with E-state index in [9.17, 15) is 0 Å². The Morgan fingerprint density at radius 1 is 0.946 bits per heavy atom. The number of allylic oxidation sites excluding steroid dienone is 1. The van der Waals surface area contributed by atoms with E-state index in [1.165, 1.54) is 88.1 Å². The molecule has 1 saturated heterocycles. The van der Waals surface area contributed by atoms with Crippen molar-refractivity contribution >= 4 is 10.8 Å². The molecule has 2 heterocycles. The van der Waals surface area contributed by atoms with E-state index in [0.29, 0.717) is 17.9 Å². The smallest absolute Gasteiger partial charge is 0.0974 e. The highest BCUT2D eigenvalue weighted by Crippen LogP contribution is 2.69. The molecule has 2 unspecified atom stereocenters. The first-order valence-corrected chi connectivity index (χ1v) is 15.4. The fourth-order valence-electron chi connectivity index (χ4n) is 9.72. The zero-order valence-electron chi connectivity index (χ0n) is 23.3. The predicted molar refractivity (Wildman–Crippen MR) is 154 cm³/mol. The lowest BCUT2D eigenvalue weighted by molar-refractivity contribution is -0.141. The summed E-state index contributed by atoms with van der Waals surface area (Å²) in [7, 11) is 0. The van der Waals surface area contributed by atoms with Gasteiger partial charge >= 0.3 is 0 Å². The standard InChI is InChI=1S/C35H45NO/c1-4-20-36(21-5-2)30-13-12-28-23-29-16-17-33(3)31(27-11-10-25-8-6-7-9-26(25)22-27)14-15-32(33)35(29)19-18-34(28,24-30)37-35/h6-11,16,22-23,30-32H,4-5,12-15,17-21,24H2,1-3H3/t30-,31?,32+,33+,34+,35?/m0/s1. The maximum absolute atomic E-state index is 7.59. The molecule has 2 heteroatoms. The third-order valence-electron chi connectivity index (χ3n) is 11.4. The van der Waals surface area contributed by atoms with Crippen LogP contribution in [0.3, 0.4) is 0 Å². The van der Waals surface area contributed by atoms with E-state index in [4.69, 9.17) is 4.74 Å². The summed E-state index contributed by atoms with van der Waals surface area (Å²) in [4.78, 5) is 2.79. The molecule has 2 aromatic rings. The van der Waals surface area contributed by atoms with Crippen LogP contribution in [0.5, 0.6) is 0 Å². The predicted octanol–water partition coefficient (Wildman–Crippen LogP) is 8.57. The quantitative estimate of drug-likeness (QED) is 0.398. The Labute approximate surface area is 224 Å². The Kier molecular flexibility index (Phi) is 5.76. The van der Waals surface area contributed by atoms with Crippen LogP contribution in [0.25, 0.3) is 10.8 Å². The number of hydrogen-bond acceptors (Lipinski definition) is 2. The number of rotatable bonds is 6. The summed E-state index contributed by atoms with van der Waals surface area (Å²) in [6.07, 6.45) is 17.7. The van der Waals surface area contributed by atoms with Crippen LogP contribution in [-0.2, 0) is 4.74 Å². The van der Waals surface area contributed by atoms with Crippen LogP contribution >= 0.6 is 0 Å². The molecule has 2 aliphatic heterocycles. The first-order valence-electron chi connectivity index (χ1n) is 15.4. The highest BCUT2D eigenvalue weighted by Gasteiger charge is 2.66. The topological polar surface area (TPSA) is 12.5 Å². The molecule has 0 amide bonds. The molecule has 0 radical (unpaired) electrons. The van der Waals surface area contributed by atoms with Gasteiger partial charge in [0.25, 0.3) is 0 Å². The average Bonchev–Trinajstić information content (AvgIpc) is 3.43. The minimum Gasteiger partial charge on any atom is -0.359 e. The zero-order valence-corrected chi connectivity index (χ0v) is 23.3. The highest BCUT2D eigenvalue weighted by molar-refractivity contribution is 5.83. The molecule has 0 aromatic heterocycles. The maximum Gasteiger partial charge on any atom is 0.0974 e. The van der Waals surface area contributed by atoms with Gasteiger partial charge in [0.05, 0.1) is 11.2 Å². The molecule has 196 valence electrons. The van der Waals surface area contributed by atoms with Crippen molar-refractivity contribution < 1.29 is 4.74 Å². The van der Waals surface area contributed by atoms with Gasteiger partial charge in [0.1, 0.15) is 0 Å². The van der Waals surface area contributed by atoms with Crippen molar-refractivity contribution in [2.45, 2.75) is 108 Å². The molecule has 2 saturated carbocycles. The van der Waals surface area contributed by atoms with Crippen molar-refractivity contribution in [1.29, 1.82) is 0 Å². The molecule has 2 aromatic carbocycles. The Bertz CT molecular complexity index is 1250. The lowest BCUT2D eigenvalue weighted by Crippen LogP contribution is -2.55. The molecular weight excluding hydrogens is 450 g/mol. The van der Waals surface area contributed by atoms with Crippen LogP contribution < -0.4 is 0 Å². The Morgan fingerprint density at radius 3 is 2.57 bits per heavy atom. The Hall–Kier alpha value is -1.90. The summed E-state index contributed by atoms with van der Waals surface area (Å²) in [6.45, 7) is 9.75. The molecule has 3 fully saturated rings. The first kappa shape index (κ1) is 24.2. The van der Waals surface area contributed by atoms with Gasteiger partial charge in [-0.2, -0.15) is 0 Å². The molecule has 5 aliphatic rings. The fourth-order valence-corrected chi connectivity index (χ4v) is 9.72. The van der Waals surface area contributed by atoms with Crippen LogP contribution in [0.15, 0.2) is 65.8 Å². The van der Waals surface area contributed by atoms with Crippen molar-refractivity contribution in [3.05, 3.63) is 71.3 Å². The number of benzene rings is 2. The molecule has 37 heavy (non-hydrogen) atoms. The van der Waals surface area contributed by atoms with E-state index in [2.05, 4.69) is 80.3 Å². The molecule has 7 rings (SSSR count). The van der Waals surface area contributed by atoms with Gasteiger partial charge in [-0.05, 0) is 122 Å². The van der Waals surface area contributed by atoms with Crippen molar-refractivity contribution in [2.24, 2.45) is 11.3 Å². The van der Waals surface area contributed by atoms with Gasteiger partial charge in [0.15, 0.2) is 0 Å². The maximum atomic E-state index is 7.59. The minimum atomic E-state index is -0.0513. The molecule has 2 spiro atoms. The summed E-state index contributed by atoms with van der Waals surface area (Å²) in [5, 5.41) is 2.74. The second-order valence-corrected chi connectivity index (χ2v) is 13.2. The van der Waals surface area contributed by atoms with Gasteiger partial charge in [-0.15, -0.1) is 0 Å². The van der Waals surface area contributed by atoms with Crippen LogP contribution in [0.2, 0.25) is 0 Å². The van der Waals surface area contributed by atoms with E-state index < -0.39 is 0 Å². The summed E-state index contributed by atoms with van der Waals surface area (Å²) >= 11 is 0. The van der Waals surface area contributed by atoms with E-state index in [-0.39, 0.29) is 16.6 Å². The number of hydrogen-bond donors (Lipinski definition) is 0. The second kappa shape index (κ2) is 8.82. The lowest BCUT2D eigenvalue weighted by Gasteiger charge is -2.55. The van der Waals surface area contributed by atoms with Crippen molar-refractivity contribution in [3.8, 4) is 0 Å². The monoisotopic (exact) mass is 495 g/mol. The van der Waals surface area contributed by atoms with E-state index in [1.54, 1.807) is 16.7 Å². The van der Waals surface area contributed by atoms with Crippen LogP contribution in [0, 0.1) is 11.3 Å². The molecule has 2 nitrogen and oxygen atoms in total. The molecule has 6 atom stereocenters. The third kappa shape index (κ3) is 3.51. The summed E-state index contributed by atoms with van der Waals surface area (Å²) < 4.78 is 7.59. The largest absolute Gasteiger partial charge is 0.359 e. The Balaban J connectivity index is 1.21. The summed E-state index contributed by atoms with van der Waals surface area (Å²) in [5.41, 5.74) is 4.94. The number of nitrogens with zero attached hydrogens (tertiary/aromatic N) is 1. The van der Waals surface area contributed by atoms with Gasteiger partial charge < -0.3 is 9.64 Å². The minimum absolute atomic E-state index is 0.000719. The van der Waals surface area contributed by atoms with Crippen LogP contribution in [0.4, 0.5) is 0 Å². The molecule has 2 bridgehead atoms.